The van der Waals surface area contributed by atoms with Crippen molar-refractivity contribution < 1.29 is 5.11 Å². The smallest absolute Gasteiger partial charge is 0.122 e. The number of nitrogens with one attached hydrogen (secondary N) is 1. The van der Waals surface area contributed by atoms with Crippen molar-refractivity contribution >= 4 is 17.3 Å². The average molecular weight is 276 g/mol. The Morgan fingerprint density at radius 3 is 2.32 bits per heavy atom. The molecule has 0 unspecified atom stereocenters. The molecule has 0 amide bonds. The highest BCUT2D eigenvalue weighted by Crippen LogP contribution is 2.28. The molecule has 0 fully saturated rings. The molecule has 19 heavy (non-hydrogen) atoms. The van der Waals surface area contributed by atoms with Crippen molar-refractivity contribution in [2.24, 2.45) is 0 Å². The van der Waals surface area contributed by atoms with Crippen LogP contribution in [0.4, 0.5) is 5.69 Å². The Balaban J connectivity index is 2.24. The molecule has 0 atom stereocenters. The zero-order valence-electron chi connectivity index (χ0n) is 11.4. The largest absolute Gasteiger partial charge is 0.508 e. The van der Waals surface area contributed by atoms with Gasteiger partial charge in [0.15, 0.2) is 0 Å². The van der Waals surface area contributed by atoms with E-state index in [0.717, 1.165) is 11.3 Å². The van der Waals surface area contributed by atoms with Gasteiger partial charge in [-0.25, -0.2) is 0 Å². The maximum atomic E-state index is 9.83. The number of hydrogen-bond donors (Lipinski definition) is 2. The van der Waals surface area contributed by atoms with E-state index in [1.54, 1.807) is 18.2 Å². The van der Waals surface area contributed by atoms with Gasteiger partial charge in [0.2, 0.25) is 0 Å². The maximum absolute atomic E-state index is 9.83. The highest BCUT2D eigenvalue weighted by atomic mass is 35.5. The third-order valence-corrected chi connectivity index (χ3v) is 3.57. The Morgan fingerprint density at radius 1 is 1.11 bits per heavy atom. The van der Waals surface area contributed by atoms with Crippen LogP contribution in [0.5, 0.6) is 5.75 Å². The number of aryl methyl sites for hydroxylation is 3. The molecule has 0 aliphatic heterocycles. The van der Waals surface area contributed by atoms with E-state index in [2.05, 4.69) is 38.2 Å². The van der Waals surface area contributed by atoms with Crippen LogP contribution in [0, 0.1) is 20.8 Å². The lowest BCUT2D eigenvalue weighted by Crippen LogP contribution is -2.04. The number of anilines is 1. The van der Waals surface area contributed by atoms with Gasteiger partial charge in [0.25, 0.3) is 0 Å². The maximum Gasteiger partial charge on any atom is 0.122 e. The minimum Gasteiger partial charge on any atom is -0.508 e. The zero-order valence-corrected chi connectivity index (χ0v) is 12.2. The molecule has 0 saturated heterocycles. The van der Waals surface area contributed by atoms with Gasteiger partial charge in [-0.05, 0) is 44.0 Å². The number of benzene rings is 2. The molecular formula is C16H18ClNO. The molecule has 0 saturated carbocycles. The number of rotatable bonds is 3. The summed E-state index contributed by atoms with van der Waals surface area (Å²) in [6.45, 7) is 6.75. The van der Waals surface area contributed by atoms with Crippen LogP contribution in [0.25, 0.3) is 0 Å². The normalized spacial score (nSPS) is 10.5. The minimum absolute atomic E-state index is 0.224. The quantitative estimate of drug-likeness (QED) is 0.859. The number of phenolic OH excluding ortho intramolecular Hbond substituents is 1. The Labute approximate surface area is 119 Å². The Morgan fingerprint density at radius 2 is 1.74 bits per heavy atom. The number of aromatic hydroxyl groups is 1. The van der Waals surface area contributed by atoms with E-state index in [4.69, 9.17) is 11.6 Å². The molecule has 2 aromatic carbocycles. The third-order valence-electron chi connectivity index (χ3n) is 3.21. The van der Waals surface area contributed by atoms with Gasteiger partial charge in [-0.1, -0.05) is 35.4 Å². The molecular weight excluding hydrogens is 258 g/mol. The van der Waals surface area contributed by atoms with E-state index in [0.29, 0.717) is 11.6 Å². The first-order chi connectivity index (χ1) is 8.99. The second-order valence-corrected chi connectivity index (χ2v) is 5.27. The van der Waals surface area contributed by atoms with Crippen LogP contribution in [0.3, 0.4) is 0 Å². The fourth-order valence-corrected chi connectivity index (χ4v) is 2.59. The Kier molecular flexibility index (Phi) is 4.01. The first kappa shape index (κ1) is 13.8. The molecule has 0 aromatic heterocycles. The van der Waals surface area contributed by atoms with Crippen molar-refractivity contribution in [2.45, 2.75) is 27.3 Å². The monoisotopic (exact) mass is 275 g/mol. The van der Waals surface area contributed by atoms with Gasteiger partial charge in [-0.3, -0.25) is 0 Å². The summed E-state index contributed by atoms with van der Waals surface area (Å²) in [4.78, 5) is 0. The van der Waals surface area contributed by atoms with E-state index in [-0.39, 0.29) is 5.75 Å². The van der Waals surface area contributed by atoms with Gasteiger partial charge < -0.3 is 10.4 Å². The number of phenols is 1. The summed E-state index contributed by atoms with van der Waals surface area (Å²) in [6, 6.07) is 9.46. The molecule has 2 aromatic rings. The summed E-state index contributed by atoms with van der Waals surface area (Å²) in [6.07, 6.45) is 0. The van der Waals surface area contributed by atoms with Gasteiger partial charge in [0.05, 0.1) is 0 Å². The van der Waals surface area contributed by atoms with Crippen LogP contribution in [-0.4, -0.2) is 5.11 Å². The van der Waals surface area contributed by atoms with Crippen LogP contribution >= 0.6 is 11.6 Å². The van der Waals surface area contributed by atoms with Crippen molar-refractivity contribution in [1.82, 2.24) is 0 Å². The minimum atomic E-state index is 0.224. The predicted octanol–water partition coefficient (Wildman–Crippen LogP) is 4.58. The summed E-state index contributed by atoms with van der Waals surface area (Å²) < 4.78 is 0. The molecule has 100 valence electrons. The molecule has 0 radical (unpaired) electrons. The van der Waals surface area contributed by atoms with Crippen molar-refractivity contribution in [3.63, 3.8) is 0 Å². The molecule has 0 aliphatic rings. The van der Waals surface area contributed by atoms with E-state index < -0.39 is 0 Å². The second-order valence-electron chi connectivity index (χ2n) is 4.86. The van der Waals surface area contributed by atoms with Crippen molar-refractivity contribution in [3.05, 3.63) is 57.6 Å². The van der Waals surface area contributed by atoms with E-state index in [1.165, 1.54) is 16.7 Å². The molecule has 2 N–H and O–H groups in total. The molecule has 2 rings (SSSR count). The Bertz CT molecular complexity index is 564. The number of hydrogen-bond acceptors (Lipinski definition) is 2. The SMILES string of the molecule is Cc1cc(C)c(NCc2c(O)cccc2Cl)c(C)c1. The van der Waals surface area contributed by atoms with E-state index in [9.17, 15) is 5.11 Å². The van der Waals surface area contributed by atoms with Crippen molar-refractivity contribution in [1.29, 1.82) is 0 Å². The average Bonchev–Trinajstić information content (AvgIpc) is 2.31. The molecule has 0 bridgehead atoms. The first-order valence-corrected chi connectivity index (χ1v) is 6.65. The molecule has 0 heterocycles. The topological polar surface area (TPSA) is 32.3 Å². The van der Waals surface area contributed by atoms with Gasteiger partial charge in [0.1, 0.15) is 5.75 Å². The fraction of sp³-hybridized carbons (Fsp3) is 0.250. The summed E-state index contributed by atoms with van der Waals surface area (Å²) in [5.41, 5.74) is 5.47. The Hall–Kier alpha value is -1.67. The second kappa shape index (κ2) is 5.54. The van der Waals surface area contributed by atoms with E-state index in [1.807, 2.05) is 0 Å². The van der Waals surface area contributed by atoms with Gasteiger partial charge in [-0.15, -0.1) is 0 Å². The van der Waals surface area contributed by atoms with Crippen molar-refractivity contribution in [2.75, 3.05) is 5.32 Å². The van der Waals surface area contributed by atoms with Crippen LogP contribution < -0.4 is 5.32 Å². The van der Waals surface area contributed by atoms with Crippen LogP contribution in [0.2, 0.25) is 5.02 Å². The first-order valence-electron chi connectivity index (χ1n) is 6.27. The lowest BCUT2D eigenvalue weighted by Gasteiger charge is -2.15. The van der Waals surface area contributed by atoms with Crippen molar-refractivity contribution in [3.8, 4) is 5.75 Å². The predicted molar refractivity (Wildman–Crippen MR) is 81.1 cm³/mol. The zero-order chi connectivity index (χ0) is 14.0. The van der Waals surface area contributed by atoms with Crippen LogP contribution in [-0.2, 0) is 6.54 Å². The molecule has 0 spiro atoms. The lowest BCUT2D eigenvalue weighted by molar-refractivity contribution is 0.469. The highest BCUT2D eigenvalue weighted by Gasteiger charge is 2.08. The van der Waals surface area contributed by atoms with Crippen LogP contribution in [0.1, 0.15) is 22.3 Å². The van der Waals surface area contributed by atoms with E-state index >= 15 is 0 Å². The standard InChI is InChI=1S/C16H18ClNO/c1-10-7-11(2)16(12(3)8-10)18-9-13-14(17)5-4-6-15(13)19/h4-8,18-19H,9H2,1-3H3. The fourth-order valence-electron chi connectivity index (χ4n) is 2.36. The lowest BCUT2D eigenvalue weighted by atomic mass is 10.0. The third kappa shape index (κ3) is 3.02. The molecule has 3 heteroatoms. The summed E-state index contributed by atoms with van der Waals surface area (Å²) >= 11 is 6.10. The summed E-state index contributed by atoms with van der Waals surface area (Å²) in [5.74, 6) is 0.224. The van der Waals surface area contributed by atoms with Gasteiger partial charge in [-0.2, -0.15) is 0 Å². The summed E-state index contributed by atoms with van der Waals surface area (Å²) in [5, 5.41) is 13.8. The molecule has 0 aliphatic carbocycles. The van der Waals surface area contributed by atoms with Gasteiger partial charge >= 0.3 is 0 Å². The summed E-state index contributed by atoms with van der Waals surface area (Å²) in [7, 11) is 0. The molecule has 2 nitrogen and oxygen atoms in total. The van der Waals surface area contributed by atoms with Crippen LogP contribution in [0.15, 0.2) is 30.3 Å². The highest BCUT2D eigenvalue weighted by molar-refractivity contribution is 6.31. The number of halogens is 1. The van der Waals surface area contributed by atoms with Gasteiger partial charge in [0, 0.05) is 22.8 Å².